The molecule has 0 bridgehead atoms. The molecular weight excluding hydrogens is 411 g/mol. The molecule has 0 radical (unpaired) electrons. The number of imidazole rings is 1. The predicted molar refractivity (Wildman–Crippen MR) is 119 cm³/mol. The molecule has 2 heterocycles. The van der Waals surface area contributed by atoms with Gasteiger partial charge in [0.2, 0.25) is 11.8 Å². The molecule has 0 spiro atoms. The zero-order chi connectivity index (χ0) is 22.5. The lowest BCUT2D eigenvalue weighted by atomic mass is 10.2. The summed E-state index contributed by atoms with van der Waals surface area (Å²) in [6, 6.07) is 16.7. The molecule has 0 saturated heterocycles. The molecule has 0 saturated carbocycles. The minimum Gasteiger partial charge on any atom is -0.439 e. The second kappa shape index (κ2) is 9.47. The Morgan fingerprint density at radius 1 is 1.06 bits per heavy atom. The van der Waals surface area contributed by atoms with E-state index in [0.717, 1.165) is 16.6 Å². The van der Waals surface area contributed by atoms with E-state index in [2.05, 4.69) is 10.3 Å². The van der Waals surface area contributed by atoms with Crippen molar-refractivity contribution < 1.29 is 13.9 Å². The number of amides is 1. The molecule has 0 fully saturated rings. The minimum atomic E-state index is -0.344. The van der Waals surface area contributed by atoms with Gasteiger partial charge in [0.25, 0.3) is 0 Å². The van der Waals surface area contributed by atoms with Crippen LogP contribution in [0.4, 0.5) is 4.39 Å². The maximum atomic E-state index is 13.0. The number of halogens is 1. The Morgan fingerprint density at radius 2 is 1.78 bits per heavy atom. The highest BCUT2D eigenvalue weighted by Gasteiger charge is 2.13. The number of nitrogens with one attached hydrogen (secondary N) is 1. The van der Waals surface area contributed by atoms with Gasteiger partial charge in [0.05, 0.1) is 11.0 Å². The largest absolute Gasteiger partial charge is 0.439 e. The number of para-hydroxylation sites is 2. The molecular formula is C24H23FN4O3. The van der Waals surface area contributed by atoms with Crippen LogP contribution in [0, 0.1) is 5.82 Å². The Labute approximate surface area is 184 Å². The Kier molecular flexibility index (Phi) is 6.30. The zero-order valence-corrected chi connectivity index (χ0v) is 17.6. The van der Waals surface area contributed by atoms with Crippen molar-refractivity contribution in [2.24, 2.45) is 0 Å². The maximum Gasteiger partial charge on any atom is 0.329 e. The highest BCUT2D eigenvalue weighted by Crippen LogP contribution is 2.20. The quantitative estimate of drug-likeness (QED) is 0.457. The number of hydrogen-bond donors (Lipinski definition) is 1. The van der Waals surface area contributed by atoms with E-state index in [0.29, 0.717) is 31.3 Å². The van der Waals surface area contributed by atoms with Crippen LogP contribution in [0.25, 0.3) is 11.0 Å². The normalized spacial score (nSPS) is 10.9. The zero-order valence-electron chi connectivity index (χ0n) is 17.6. The average molecular weight is 434 g/mol. The van der Waals surface area contributed by atoms with Crippen LogP contribution < -0.4 is 15.7 Å². The molecule has 2 aromatic carbocycles. The van der Waals surface area contributed by atoms with E-state index in [1.54, 1.807) is 27.5 Å². The fourth-order valence-electron chi connectivity index (χ4n) is 3.54. The van der Waals surface area contributed by atoms with E-state index in [1.807, 2.05) is 31.2 Å². The summed E-state index contributed by atoms with van der Waals surface area (Å²) in [5.74, 6) is 0.311. The summed E-state index contributed by atoms with van der Waals surface area (Å²) in [6.07, 6.45) is 1.77. The van der Waals surface area contributed by atoms with Crippen molar-refractivity contribution in [1.29, 1.82) is 0 Å². The third kappa shape index (κ3) is 4.69. The maximum absolute atomic E-state index is 13.0. The summed E-state index contributed by atoms with van der Waals surface area (Å²) in [5.41, 5.74) is 2.39. The van der Waals surface area contributed by atoms with Gasteiger partial charge in [-0.2, -0.15) is 0 Å². The van der Waals surface area contributed by atoms with E-state index in [1.165, 1.54) is 24.3 Å². The summed E-state index contributed by atoms with van der Waals surface area (Å²) < 4.78 is 22.0. The number of carbonyl (C=O) groups excluding carboxylic acids is 1. The molecule has 164 valence electrons. The molecule has 0 atom stereocenters. The Morgan fingerprint density at radius 3 is 2.50 bits per heavy atom. The van der Waals surface area contributed by atoms with Gasteiger partial charge >= 0.3 is 5.69 Å². The van der Waals surface area contributed by atoms with Crippen LogP contribution in [-0.4, -0.2) is 20.0 Å². The fraction of sp³-hybridized carbons (Fsp3) is 0.208. The second-order valence-corrected chi connectivity index (χ2v) is 7.25. The smallest absolute Gasteiger partial charge is 0.329 e. The molecule has 32 heavy (non-hydrogen) atoms. The first-order valence-electron chi connectivity index (χ1n) is 10.4. The van der Waals surface area contributed by atoms with Crippen molar-refractivity contribution in [3.8, 4) is 11.6 Å². The van der Waals surface area contributed by atoms with Gasteiger partial charge in [-0.15, -0.1) is 0 Å². The van der Waals surface area contributed by atoms with Crippen LogP contribution in [0.2, 0.25) is 0 Å². The van der Waals surface area contributed by atoms with Crippen LogP contribution in [-0.2, 0) is 24.4 Å². The number of hydrogen-bond acceptors (Lipinski definition) is 4. The van der Waals surface area contributed by atoms with Gasteiger partial charge in [-0.25, -0.2) is 14.2 Å². The molecule has 0 aliphatic carbocycles. The average Bonchev–Trinajstić information content (AvgIpc) is 3.08. The summed E-state index contributed by atoms with van der Waals surface area (Å²) in [7, 11) is 0. The van der Waals surface area contributed by atoms with Crippen LogP contribution >= 0.6 is 0 Å². The molecule has 0 aliphatic rings. The molecule has 4 aromatic rings. The number of nitrogens with zero attached hydrogens (tertiary/aromatic N) is 3. The topological polar surface area (TPSA) is 78.2 Å². The Balaban J connectivity index is 1.36. The first kappa shape index (κ1) is 21.3. The van der Waals surface area contributed by atoms with Gasteiger partial charge < -0.3 is 10.1 Å². The highest BCUT2D eigenvalue weighted by atomic mass is 19.1. The standard InChI is InChI=1S/C24H23FN4O3/c1-2-28-20-5-3-4-6-21(20)29(24(28)31)14-12-22(30)27-16-17-11-13-26-23(15-17)32-19-9-7-18(25)8-10-19/h3-11,13,15H,2,12,14,16H2,1H3,(H,27,30). The lowest BCUT2D eigenvalue weighted by molar-refractivity contribution is -0.121. The van der Waals surface area contributed by atoms with Crippen LogP contribution in [0.5, 0.6) is 11.6 Å². The molecule has 1 N–H and O–H groups in total. The fourth-order valence-corrected chi connectivity index (χ4v) is 3.54. The molecule has 0 aliphatic heterocycles. The summed E-state index contributed by atoms with van der Waals surface area (Å²) >= 11 is 0. The molecule has 8 heteroatoms. The van der Waals surface area contributed by atoms with Crippen molar-refractivity contribution in [3.63, 3.8) is 0 Å². The van der Waals surface area contributed by atoms with Gasteiger partial charge in [-0.1, -0.05) is 12.1 Å². The van der Waals surface area contributed by atoms with E-state index in [4.69, 9.17) is 4.74 Å². The molecule has 7 nitrogen and oxygen atoms in total. The number of rotatable bonds is 8. The van der Waals surface area contributed by atoms with Crippen molar-refractivity contribution >= 4 is 16.9 Å². The van der Waals surface area contributed by atoms with Crippen molar-refractivity contribution in [2.75, 3.05) is 0 Å². The van der Waals surface area contributed by atoms with Crippen LogP contribution in [0.1, 0.15) is 18.9 Å². The van der Waals surface area contributed by atoms with E-state index in [9.17, 15) is 14.0 Å². The van der Waals surface area contributed by atoms with Crippen LogP contribution in [0.3, 0.4) is 0 Å². The highest BCUT2D eigenvalue weighted by molar-refractivity contribution is 5.78. The summed E-state index contributed by atoms with van der Waals surface area (Å²) in [6.45, 7) is 3.09. The van der Waals surface area contributed by atoms with E-state index >= 15 is 0 Å². The monoisotopic (exact) mass is 434 g/mol. The molecule has 0 unspecified atom stereocenters. The number of benzene rings is 2. The number of aryl methyl sites for hydroxylation is 2. The predicted octanol–water partition coefficient (Wildman–Crippen LogP) is 3.86. The lowest BCUT2D eigenvalue weighted by Crippen LogP contribution is -2.28. The van der Waals surface area contributed by atoms with Crippen molar-refractivity contribution in [3.05, 3.63) is 88.7 Å². The number of carbonyl (C=O) groups is 1. The van der Waals surface area contributed by atoms with Gasteiger partial charge in [-0.05, 0) is 55.0 Å². The number of aromatic nitrogens is 3. The van der Waals surface area contributed by atoms with Gasteiger partial charge in [-0.3, -0.25) is 13.9 Å². The summed E-state index contributed by atoms with van der Waals surface area (Å²) in [4.78, 5) is 29.2. The minimum absolute atomic E-state index is 0.113. The molecule has 2 aromatic heterocycles. The van der Waals surface area contributed by atoms with E-state index in [-0.39, 0.29) is 23.8 Å². The number of pyridine rings is 1. The number of ether oxygens (including phenoxy) is 1. The molecule has 4 rings (SSSR count). The first-order chi connectivity index (χ1) is 15.5. The lowest BCUT2D eigenvalue weighted by Gasteiger charge is -2.08. The van der Waals surface area contributed by atoms with Crippen molar-refractivity contribution in [2.45, 2.75) is 33.0 Å². The summed E-state index contributed by atoms with van der Waals surface area (Å²) in [5, 5.41) is 2.86. The number of fused-ring (bicyclic) bond motifs is 1. The first-order valence-corrected chi connectivity index (χ1v) is 10.4. The molecule has 1 amide bonds. The van der Waals surface area contributed by atoms with Gasteiger partial charge in [0.1, 0.15) is 11.6 Å². The SMILES string of the molecule is CCn1c(=O)n(CCC(=O)NCc2ccnc(Oc3ccc(F)cc3)c2)c2ccccc21. The van der Waals surface area contributed by atoms with E-state index < -0.39 is 0 Å². The van der Waals surface area contributed by atoms with Crippen molar-refractivity contribution in [1.82, 2.24) is 19.4 Å². The Bertz CT molecular complexity index is 1290. The van der Waals surface area contributed by atoms with Crippen LogP contribution in [0.15, 0.2) is 71.7 Å². The second-order valence-electron chi connectivity index (χ2n) is 7.25. The van der Waals surface area contributed by atoms with Gasteiger partial charge in [0.15, 0.2) is 0 Å². The Hall–Kier alpha value is -3.94. The third-order valence-electron chi connectivity index (χ3n) is 5.13. The third-order valence-corrected chi connectivity index (χ3v) is 5.13. The van der Waals surface area contributed by atoms with Gasteiger partial charge in [0, 0.05) is 38.3 Å².